The van der Waals surface area contributed by atoms with Crippen molar-refractivity contribution in [3.8, 4) is 0 Å². The van der Waals surface area contributed by atoms with Crippen molar-refractivity contribution in [2.24, 2.45) is 0 Å². The van der Waals surface area contributed by atoms with E-state index in [1.165, 1.54) is 24.8 Å². The van der Waals surface area contributed by atoms with Gasteiger partial charge in [-0.3, -0.25) is 9.69 Å². The molecule has 24 heavy (non-hydrogen) atoms. The Morgan fingerprint density at radius 2 is 2.12 bits per heavy atom. The van der Waals surface area contributed by atoms with Crippen LogP contribution in [0.1, 0.15) is 49.8 Å². The minimum Gasteiger partial charge on any atom is -0.358 e. The number of rotatable bonds is 4. The van der Waals surface area contributed by atoms with Gasteiger partial charge in [-0.15, -0.1) is 0 Å². The number of pyridine rings is 1. The highest BCUT2D eigenvalue weighted by atomic mass is 16.1. The zero-order chi connectivity index (χ0) is 16.9. The number of likely N-dealkylation sites (N-methyl/N-ethyl adjacent to an activating group) is 1. The number of nitrogens with one attached hydrogen (secondary N) is 1. The normalized spacial score (nSPS) is 19.8. The standard InChI is InChI=1S/C19H28N4O/c1-3-17-13-23-12-16(7-8-18(23)21-17)15-6-4-5-10-22(11-9-15)14-19(24)20-2/h7-8,12-13,15H,3-6,9-11,14H2,1-2H3,(H,20,24). The molecule has 2 aromatic rings. The van der Waals surface area contributed by atoms with Gasteiger partial charge in [0.05, 0.1) is 12.2 Å². The number of aryl methyl sites for hydroxylation is 1. The van der Waals surface area contributed by atoms with Crippen molar-refractivity contribution in [3.63, 3.8) is 0 Å². The molecule has 2 aromatic heterocycles. The van der Waals surface area contributed by atoms with Gasteiger partial charge >= 0.3 is 0 Å². The van der Waals surface area contributed by atoms with E-state index in [-0.39, 0.29) is 5.91 Å². The predicted molar refractivity (Wildman–Crippen MR) is 96.3 cm³/mol. The maximum Gasteiger partial charge on any atom is 0.233 e. The number of amides is 1. The molecule has 1 aliphatic heterocycles. The second kappa shape index (κ2) is 7.79. The van der Waals surface area contributed by atoms with Crippen molar-refractivity contribution in [2.45, 2.75) is 44.9 Å². The maximum absolute atomic E-state index is 11.6. The van der Waals surface area contributed by atoms with Gasteiger partial charge in [-0.25, -0.2) is 4.98 Å². The van der Waals surface area contributed by atoms with Gasteiger partial charge in [-0.05, 0) is 56.3 Å². The smallest absolute Gasteiger partial charge is 0.233 e. The van der Waals surface area contributed by atoms with Gasteiger partial charge in [0.25, 0.3) is 0 Å². The molecule has 1 N–H and O–H groups in total. The third kappa shape index (κ3) is 3.96. The van der Waals surface area contributed by atoms with Gasteiger partial charge in [0.1, 0.15) is 5.65 Å². The summed E-state index contributed by atoms with van der Waals surface area (Å²) in [4.78, 5) is 18.5. The quantitative estimate of drug-likeness (QED) is 0.938. The van der Waals surface area contributed by atoms with Crippen LogP contribution in [-0.2, 0) is 11.2 Å². The average molecular weight is 328 g/mol. The molecule has 1 amide bonds. The molecule has 5 heteroatoms. The molecule has 0 bridgehead atoms. The van der Waals surface area contributed by atoms with Crippen molar-refractivity contribution in [3.05, 3.63) is 35.8 Å². The summed E-state index contributed by atoms with van der Waals surface area (Å²) in [7, 11) is 1.71. The zero-order valence-electron chi connectivity index (χ0n) is 14.8. The van der Waals surface area contributed by atoms with Crippen LogP contribution in [0.15, 0.2) is 24.5 Å². The molecule has 3 rings (SSSR count). The zero-order valence-corrected chi connectivity index (χ0v) is 14.8. The van der Waals surface area contributed by atoms with E-state index in [1.54, 1.807) is 7.05 Å². The van der Waals surface area contributed by atoms with E-state index in [9.17, 15) is 4.79 Å². The van der Waals surface area contributed by atoms with Crippen LogP contribution < -0.4 is 5.32 Å². The lowest BCUT2D eigenvalue weighted by Crippen LogP contribution is -2.38. The van der Waals surface area contributed by atoms with E-state index >= 15 is 0 Å². The van der Waals surface area contributed by atoms with Crippen LogP contribution in [0.2, 0.25) is 0 Å². The molecule has 1 unspecified atom stereocenters. The Hall–Kier alpha value is -1.88. The summed E-state index contributed by atoms with van der Waals surface area (Å²) in [6.07, 6.45) is 10.1. The number of hydrogen-bond acceptors (Lipinski definition) is 3. The number of carbonyl (C=O) groups is 1. The summed E-state index contributed by atoms with van der Waals surface area (Å²) in [6.45, 7) is 4.67. The van der Waals surface area contributed by atoms with Gasteiger partial charge in [-0.2, -0.15) is 0 Å². The van der Waals surface area contributed by atoms with Crippen molar-refractivity contribution in [1.29, 1.82) is 0 Å². The first-order valence-corrected chi connectivity index (χ1v) is 9.10. The van der Waals surface area contributed by atoms with E-state index in [0.29, 0.717) is 12.5 Å². The van der Waals surface area contributed by atoms with Crippen LogP contribution in [0.4, 0.5) is 0 Å². The second-order valence-corrected chi connectivity index (χ2v) is 6.74. The molecular formula is C19H28N4O. The van der Waals surface area contributed by atoms with Gasteiger partial charge in [-0.1, -0.05) is 19.4 Å². The molecule has 1 saturated heterocycles. The van der Waals surface area contributed by atoms with E-state index < -0.39 is 0 Å². The third-order valence-electron chi connectivity index (χ3n) is 5.07. The van der Waals surface area contributed by atoms with E-state index in [0.717, 1.165) is 37.3 Å². The summed E-state index contributed by atoms with van der Waals surface area (Å²) < 4.78 is 2.16. The first kappa shape index (κ1) is 17.0. The van der Waals surface area contributed by atoms with Crippen LogP contribution in [-0.4, -0.2) is 46.9 Å². The van der Waals surface area contributed by atoms with E-state index in [4.69, 9.17) is 0 Å². The predicted octanol–water partition coefficient (Wildman–Crippen LogP) is 2.60. The molecule has 3 heterocycles. The molecule has 1 atom stereocenters. The number of likely N-dealkylation sites (tertiary alicyclic amines) is 1. The Labute approximate surface area is 144 Å². The first-order valence-electron chi connectivity index (χ1n) is 9.10. The van der Waals surface area contributed by atoms with Crippen LogP contribution >= 0.6 is 0 Å². The Morgan fingerprint density at radius 1 is 1.25 bits per heavy atom. The van der Waals surface area contributed by atoms with Crippen molar-refractivity contribution >= 4 is 11.6 Å². The van der Waals surface area contributed by atoms with Crippen molar-refractivity contribution in [1.82, 2.24) is 19.6 Å². The fourth-order valence-corrected chi connectivity index (χ4v) is 3.57. The highest BCUT2D eigenvalue weighted by Gasteiger charge is 2.19. The van der Waals surface area contributed by atoms with Crippen molar-refractivity contribution < 1.29 is 4.79 Å². The molecule has 0 aliphatic carbocycles. The Balaban J connectivity index is 1.71. The minimum absolute atomic E-state index is 0.110. The molecular weight excluding hydrogens is 300 g/mol. The summed E-state index contributed by atoms with van der Waals surface area (Å²) in [5.74, 6) is 0.674. The van der Waals surface area contributed by atoms with Crippen molar-refractivity contribution in [2.75, 3.05) is 26.7 Å². The highest BCUT2D eigenvalue weighted by Crippen LogP contribution is 2.28. The fraction of sp³-hybridized carbons (Fsp3) is 0.579. The topological polar surface area (TPSA) is 49.6 Å². The van der Waals surface area contributed by atoms with Gasteiger partial charge in [0, 0.05) is 19.4 Å². The molecule has 0 aromatic carbocycles. The summed E-state index contributed by atoms with van der Waals surface area (Å²) >= 11 is 0. The second-order valence-electron chi connectivity index (χ2n) is 6.74. The van der Waals surface area contributed by atoms with E-state index in [2.05, 4.69) is 51.1 Å². The number of nitrogens with zero attached hydrogens (tertiary/aromatic N) is 3. The molecule has 1 fully saturated rings. The summed E-state index contributed by atoms with van der Waals surface area (Å²) in [5, 5.41) is 2.73. The monoisotopic (exact) mass is 328 g/mol. The molecule has 130 valence electrons. The fourth-order valence-electron chi connectivity index (χ4n) is 3.57. The van der Waals surface area contributed by atoms with Gasteiger partial charge < -0.3 is 9.72 Å². The minimum atomic E-state index is 0.110. The molecule has 0 saturated carbocycles. The van der Waals surface area contributed by atoms with Crippen LogP contribution in [0, 0.1) is 0 Å². The van der Waals surface area contributed by atoms with Crippen LogP contribution in [0.25, 0.3) is 5.65 Å². The Bertz CT molecular complexity index is 694. The number of carbonyl (C=O) groups excluding carboxylic acids is 1. The first-order chi connectivity index (χ1) is 11.7. The largest absolute Gasteiger partial charge is 0.358 e. The Kier molecular flexibility index (Phi) is 5.51. The average Bonchev–Trinajstić information content (AvgIpc) is 2.99. The summed E-state index contributed by atoms with van der Waals surface area (Å²) in [6, 6.07) is 4.37. The highest BCUT2D eigenvalue weighted by molar-refractivity contribution is 5.77. The maximum atomic E-state index is 11.6. The third-order valence-corrected chi connectivity index (χ3v) is 5.07. The van der Waals surface area contributed by atoms with Gasteiger partial charge in [0.2, 0.25) is 5.91 Å². The lowest BCUT2D eigenvalue weighted by molar-refractivity contribution is -0.121. The molecule has 5 nitrogen and oxygen atoms in total. The number of fused-ring (bicyclic) bond motifs is 1. The number of hydrogen-bond donors (Lipinski definition) is 1. The molecule has 0 radical (unpaired) electrons. The molecule has 0 spiro atoms. The lowest BCUT2D eigenvalue weighted by Gasteiger charge is -2.28. The van der Waals surface area contributed by atoms with E-state index in [1.807, 2.05) is 0 Å². The van der Waals surface area contributed by atoms with Gasteiger partial charge in [0.15, 0.2) is 0 Å². The van der Waals surface area contributed by atoms with Crippen LogP contribution in [0.5, 0.6) is 0 Å². The SMILES string of the molecule is CCc1cn2cc(C3CCCCN(CC(=O)NC)CC3)ccc2n1. The Morgan fingerprint density at radius 3 is 2.92 bits per heavy atom. The lowest BCUT2D eigenvalue weighted by atomic mass is 9.90. The molecule has 1 aliphatic rings. The van der Waals surface area contributed by atoms with Crippen LogP contribution in [0.3, 0.4) is 0 Å². The number of aromatic nitrogens is 2. The summed E-state index contributed by atoms with van der Waals surface area (Å²) in [5.41, 5.74) is 3.56. The number of imidazole rings is 1.